The predicted molar refractivity (Wildman–Crippen MR) is 101 cm³/mol. The van der Waals surface area contributed by atoms with Crippen LogP contribution in [0.25, 0.3) is 0 Å². The van der Waals surface area contributed by atoms with E-state index in [1.54, 1.807) is 0 Å². The molecule has 1 atom stereocenters. The Bertz CT molecular complexity index is 738. The smallest absolute Gasteiger partial charge is 0.132 e. The molecule has 3 rings (SSSR count). The van der Waals surface area contributed by atoms with Crippen molar-refractivity contribution in [3.8, 4) is 5.75 Å². The van der Waals surface area contributed by atoms with Gasteiger partial charge in [-0.2, -0.15) is 0 Å². The largest absolute Gasteiger partial charge is 0.489 e. The summed E-state index contributed by atoms with van der Waals surface area (Å²) >= 11 is 0. The lowest BCUT2D eigenvalue weighted by Crippen LogP contribution is -2.24. The summed E-state index contributed by atoms with van der Waals surface area (Å²) in [6.07, 6.45) is 4.37. The monoisotopic (exact) mass is 375 g/mol. The lowest BCUT2D eigenvalue weighted by molar-refractivity contribution is 0.239. The van der Waals surface area contributed by atoms with Gasteiger partial charge in [0.05, 0.1) is 0 Å². The van der Waals surface area contributed by atoms with Crippen LogP contribution in [-0.2, 0) is 13.2 Å². The first-order chi connectivity index (χ1) is 13.1. The van der Waals surface area contributed by atoms with Crippen LogP contribution in [0, 0.1) is 17.6 Å². The molecule has 0 aromatic heterocycles. The second-order valence-electron chi connectivity index (χ2n) is 7.26. The molecule has 27 heavy (non-hydrogen) atoms. The maximum Gasteiger partial charge on any atom is 0.132 e. The molecule has 0 radical (unpaired) electrons. The molecular weight excluding hydrogens is 348 g/mol. The summed E-state index contributed by atoms with van der Waals surface area (Å²) in [6, 6.07) is 11.4. The van der Waals surface area contributed by atoms with E-state index in [4.69, 9.17) is 9.84 Å². The van der Waals surface area contributed by atoms with Crippen molar-refractivity contribution >= 4 is 0 Å². The van der Waals surface area contributed by atoms with Crippen LogP contribution >= 0.6 is 0 Å². The molecule has 1 saturated heterocycles. The molecular formula is C22H27F2NO2. The van der Waals surface area contributed by atoms with Gasteiger partial charge in [0.1, 0.15) is 24.0 Å². The summed E-state index contributed by atoms with van der Waals surface area (Å²) in [5, 5.41) is 9.14. The average molecular weight is 375 g/mol. The summed E-state index contributed by atoms with van der Waals surface area (Å²) in [7, 11) is 0. The van der Waals surface area contributed by atoms with Crippen LogP contribution in [0.5, 0.6) is 5.75 Å². The first-order valence-corrected chi connectivity index (χ1v) is 9.63. The van der Waals surface area contributed by atoms with E-state index in [-0.39, 0.29) is 13.2 Å². The van der Waals surface area contributed by atoms with Crippen molar-refractivity contribution in [3.05, 3.63) is 65.2 Å². The number of hydrogen-bond donors (Lipinski definition) is 1. The molecule has 1 heterocycles. The Morgan fingerprint density at radius 1 is 1.07 bits per heavy atom. The average Bonchev–Trinajstić information content (AvgIpc) is 2.87. The van der Waals surface area contributed by atoms with Crippen molar-refractivity contribution in [2.45, 2.75) is 38.8 Å². The van der Waals surface area contributed by atoms with Crippen LogP contribution in [0.4, 0.5) is 8.78 Å². The first-order valence-electron chi connectivity index (χ1n) is 9.63. The third kappa shape index (κ3) is 6.01. The molecule has 2 aromatic carbocycles. The fourth-order valence-electron chi connectivity index (χ4n) is 3.65. The third-order valence-electron chi connectivity index (χ3n) is 5.19. The molecule has 1 N–H and O–H groups in total. The highest BCUT2D eigenvalue weighted by Gasteiger charge is 2.17. The van der Waals surface area contributed by atoms with E-state index in [0.29, 0.717) is 17.2 Å². The Hall–Kier alpha value is -1.98. The van der Waals surface area contributed by atoms with E-state index in [1.165, 1.54) is 18.6 Å². The highest BCUT2D eigenvalue weighted by atomic mass is 19.1. The zero-order valence-electron chi connectivity index (χ0n) is 15.5. The lowest BCUT2D eigenvalue weighted by atomic mass is 9.98. The molecule has 1 unspecified atom stereocenters. The number of aliphatic hydroxyl groups excluding tert-OH is 1. The van der Waals surface area contributed by atoms with Gasteiger partial charge in [0, 0.05) is 24.8 Å². The van der Waals surface area contributed by atoms with E-state index in [9.17, 15) is 8.78 Å². The van der Waals surface area contributed by atoms with Crippen molar-refractivity contribution in [1.82, 2.24) is 4.90 Å². The number of rotatable bonds is 7. The molecule has 5 heteroatoms. The summed E-state index contributed by atoms with van der Waals surface area (Å²) in [5.74, 6) is 0.134. The van der Waals surface area contributed by atoms with Crippen LogP contribution in [0.2, 0.25) is 0 Å². The number of hydrogen-bond acceptors (Lipinski definition) is 3. The van der Waals surface area contributed by atoms with E-state index >= 15 is 0 Å². The summed E-state index contributed by atoms with van der Waals surface area (Å²) < 4.78 is 32.4. The first kappa shape index (κ1) is 19.8. The van der Waals surface area contributed by atoms with Crippen LogP contribution in [0.15, 0.2) is 42.5 Å². The molecule has 1 fully saturated rings. The van der Waals surface area contributed by atoms with Gasteiger partial charge in [-0.1, -0.05) is 12.1 Å². The zero-order valence-corrected chi connectivity index (χ0v) is 15.5. The van der Waals surface area contributed by atoms with E-state index < -0.39 is 11.6 Å². The quantitative estimate of drug-likeness (QED) is 0.772. The molecule has 1 aliphatic rings. The molecule has 0 spiro atoms. The van der Waals surface area contributed by atoms with Crippen LogP contribution in [0.3, 0.4) is 0 Å². The molecule has 0 amide bonds. The number of benzene rings is 2. The Kier molecular flexibility index (Phi) is 7.18. The Morgan fingerprint density at radius 2 is 1.96 bits per heavy atom. The van der Waals surface area contributed by atoms with Crippen molar-refractivity contribution in [2.24, 2.45) is 5.92 Å². The minimum Gasteiger partial charge on any atom is -0.489 e. The van der Waals surface area contributed by atoms with Gasteiger partial charge in [-0.3, -0.25) is 4.90 Å². The summed E-state index contributed by atoms with van der Waals surface area (Å²) in [5.41, 5.74) is 1.50. The van der Waals surface area contributed by atoms with Crippen LogP contribution < -0.4 is 4.74 Å². The van der Waals surface area contributed by atoms with Gasteiger partial charge in [-0.25, -0.2) is 8.78 Å². The molecule has 3 nitrogen and oxygen atoms in total. The van der Waals surface area contributed by atoms with E-state index in [2.05, 4.69) is 11.0 Å². The van der Waals surface area contributed by atoms with Crippen molar-refractivity contribution in [1.29, 1.82) is 0 Å². The topological polar surface area (TPSA) is 32.7 Å². The number of halogens is 2. The maximum atomic E-state index is 13.7. The van der Waals surface area contributed by atoms with Gasteiger partial charge < -0.3 is 9.84 Å². The van der Waals surface area contributed by atoms with Crippen molar-refractivity contribution in [2.75, 3.05) is 19.7 Å². The molecule has 0 aliphatic carbocycles. The number of aliphatic hydroxyl groups is 1. The van der Waals surface area contributed by atoms with Crippen molar-refractivity contribution < 1.29 is 18.6 Å². The Labute approximate surface area is 159 Å². The van der Waals surface area contributed by atoms with Gasteiger partial charge in [0.15, 0.2) is 0 Å². The van der Waals surface area contributed by atoms with E-state index in [1.807, 2.05) is 18.2 Å². The SMILES string of the molecule is OCCC1CCCN(Cc2cccc(OCc3ccc(F)cc3F)c2)CC1. The van der Waals surface area contributed by atoms with Gasteiger partial charge in [0.25, 0.3) is 0 Å². The van der Waals surface area contributed by atoms with Crippen LogP contribution in [-0.4, -0.2) is 29.7 Å². The minimum atomic E-state index is -0.590. The highest BCUT2D eigenvalue weighted by Crippen LogP contribution is 2.23. The molecule has 1 aliphatic heterocycles. The predicted octanol–water partition coefficient (Wildman–Crippen LogP) is 4.53. The van der Waals surface area contributed by atoms with Gasteiger partial charge in [0.2, 0.25) is 0 Å². The zero-order chi connectivity index (χ0) is 19.1. The Balaban J connectivity index is 1.55. The number of likely N-dealkylation sites (tertiary alicyclic amines) is 1. The number of ether oxygens (including phenoxy) is 1. The minimum absolute atomic E-state index is 0.0715. The third-order valence-corrected chi connectivity index (χ3v) is 5.19. The Morgan fingerprint density at radius 3 is 2.78 bits per heavy atom. The van der Waals surface area contributed by atoms with Gasteiger partial charge in [-0.05, 0) is 74.5 Å². The normalized spacial score (nSPS) is 18.3. The molecule has 0 saturated carbocycles. The second-order valence-corrected chi connectivity index (χ2v) is 7.26. The summed E-state index contributed by atoms with van der Waals surface area (Å²) in [4.78, 5) is 2.44. The maximum absolute atomic E-state index is 13.7. The van der Waals surface area contributed by atoms with E-state index in [0.717, 1.165) is 50.5 Å². The molecule has 146 valence electrons. The van der Waals surface area contributed by atoms with Gasteiger partial charge >= 0.3 is 0 Å². The standard InChI is InChI=1S/C22H27F2NO2/c23-20-7-6-19(22(24)14-20)16-27-21-5-1-3-18(13-21)15-25-10-2-4-17(8-11-25)9-12-26/h1,3,5-7,13-14,17,26H,2,4,8-12,15-16H2. The van der Waals surface area contributed by atoms with Crippen LogP contribution in [0.1, 0.15) is 36.8 Å². The molecule has 0 bridgehead atoms. The highest BCUT2D eigenvalue weighted by molar-refractivity contribution is 5.29. The summed E-state index contributed by atoms with van der Waals surface area (Å²) in [6.45, 7) is 3.30. The lowest BCUT2D eigenvalue weighted by Gasteiger charge is -2.20. The fourth-order valence-corrected chi connectivity index (χ4v) is 3.65. The number of nitrogens with zero attached hydrogens (tertiary/aromatic N) is 1. The molecule has 2 aromatic rings. The second kappa shape index (κ2) is 9.81. The van der Waals surface area contributed by atoms with Crippen molar-refractivity contribution in [3.63, 3.8) is 0 Å². The van der Waals surface area contributed by atoms with Gasteiger partial charge in [-0.15, -0.1) is 0 Å². The fraction of sp³-hybridized carbons (Fsp3) is 0.455.